The summed E-state index contributed by atoms with van der Waals surface area (Å²) < 4.78 is 262. The van der Waals surface area contributed by atoms with Crippen molar-refractivity contribution in [1.82, 2.24) is 0 Å². The number of unbranched alkanes of at least 4 members (excludes halogenated alkanes) is 6. The minimum Gasteiger partial charge on any atom is -0.493 e. The van der Waals surface area contributed by atoms with E-state index in [9.17, 15) is 89.2 Å². The summed E-state index contributed by atoms with van der Waals surface area (Å²) in [4.78, 5) is 0. The first kappa shape index (κ1) is 59.7. The van der Waals surface area contributed by atoms with Crippen molar-refractivity contribution in [3.8, 4) is 45.3 Å². The molecule has 3 rings (SSSR count). The first-order chi connectivity index (χ1) is 32.3. The smallest absolute Gasteiger partial charge is 0.460 e. The molecule has 398 valence electrons. The molecule has 0 spiro atoms. The van der Waals surface area contributed by atoms with Gasteiger partial charge in [-0.2, -0.15) is 79.0 Å². The standard InChI is InChI=1S/C44H48F18O8/c45-37(46,39(49,50)41(53,54)43(57,58)59)17-5-1-3-7-19-67-35-21-34(28-11-15-32(16-12-28)70-26-30(66)24-64)36(22-33(35)27-9-13-31(14-10-27)69-25-29(65)23-63)68-20-8-4-2-6-18-38(47,48)40(51,52)42(55,56)44(60,61)62/h9-16,21-22,29-30,63-66H,1-8,17-20,23-26H2. The molecular formula is C44H48F18O8. The lowest BCUT2D eigenvalue weighted by molar-refractivity contribution is -0.396. The quantitative estimate of drug-likeness (QED) is 0.0385. The van der Waals surface area contributed by atoms with Gasteiger partial charge in [-0.1, -0.05) is 49.9 Å². The minimum atomic E-state index is -7.02. The van der Waals surface area contributed by atoms with Crippen molar-refractivity contribution in [2.45, 2.75) is 124 Å². The average molecular weight is 1050 g/mol. The van der Waals surface area contributed by atoms with Crippen LogP contribution in [0, 0.1) is 0 Å². The first-order valence-electron chi connectivity index (χ1n) is 21.2. The third-order valence-corrected chi connectivity index (χ3v) is 10.4. The highest BCUT2D eigenvalue weighted by Crippen LogP contribution is 2.56. The summed E-state index contributed by atoms with van der Waals surface area (Å²) in [6.45, 7) is -2.28. The van der Waals surface area contributed by atoms with Crippen LogP contribution in [0.15, 0.2) is 60.7 Å². The molecule has 2 atom stereocenters. The van der Waals surface area contributed by atoms with E-state index in [1.807, 2.05) is 0 Å². The number of aliphatic hydroxyl groups is 4. The zero-order chi connectivity index (χ0) is 53.0. The van der Waals surface area contributed by atoms with Crippen LogP contribution in [0.4, 0.5) is 79.0 Å². The van der Waals surface area contributed by atoms with Crippen LogP contribution >= 0.6 is 0 Å². The Morgan fingerprint density at radius 2 is 0.686 bits per heavy atom. The van der Waals surface area contributed by atoms with Crippen molar-refractivity contribution >= 4 is 0 Å². The largest absolute Gasteiger partial charge is 0.493 e. The van der Waals surface area contributed by atoms with Crippen LogP contribution in [0.1, 0.15) is 64.2 Å². The fourth-order valence-electron chi connectivity index (χ4n) is 6.30. The van der Waals surface area contributed by atoms with E-state index in [4.69, 9.17) is 29.2 Å². The van der Waals surface area contributed by atoms with E-state index in [1.54, 1.807) is 0 Å². The van der Waals surface area contributed by atoms with Gasteiger partial charge in [-0.25, -0.2) is 0 Å². The summed E-state index contributed by atoms with van der Waals surface area (Å²) in [5.74, 6) is -38.4. The number of benzene rings is 3. The Labute approximate surface area is 388 Å². The third kappa shape index (κ3) is 14.8. The number of ether oxygens (including phenoxy) is 4. The molecule has 0 aromatic heterocycles. The van der Waals surface area contributed by atoms with Crippen LogP contribution < -0.4 is 18.9 Å². The minimum absolute atomic E-state index is 0.00623. The van der Waals surface area contributed by atoms with Crippen molar-refractivity contribution in [2.24, 2.45) is 0 Å². The van der Waals surface area contributed by atoms with Crippen LogP contribution in [0.2, 0.25) is 0 Å². The molecule has 70 heavy (non-hydrogen) atoms. The van der Waals surface area contributed by atoms with Gasteiger partial charge >= 0.3 is 47.9 Å². The number of aliphatic hydroxyl groups excluding tert-OH is 4. The Kier molecular flexibility index (Phi) is 20.7. The second kappa shape index (κ2) is 24.2. The number of alkyl halides is 18. The van der Waals surface area contributed by atoms with Gasteiger partial charge in [0.05, 0.1) is 26.4 Å². The molecule has 4 N–H and O–H groups in total. The van der Waals surface area contributed by atoms with Gasteiger partial charge in [-0.05, 0) is 73.2 Å². The highest BCUT2D eigenvalue weighted by Gasteiger charge is 2.82. The van der Waals surface area contributed by atoms with Gasteiger partial charge in [-0.15, -0.1) is 0 Å². The molecule has 3 aromatic rings. The maximum atomic E-state index is 14.0. The molecule has 0 saturated heterocycles. The Morgan fingerprint density at radius 1 is 0.386 bits per heavy atom. The zero-order valence-electron chi connectivity index (χ0n) is 36.5. The summed E-state index contributed by atoms with van der Waals surface area (Å²) in [5, 5.41) is 37.5. The SMILES string of the molecule is OCC(O)COc1ccc(-c2cc(OCCCCCCC(F)(F)C(F)(F)C(F)(F)C(F)(F)F)c(-c3ccc(OCC(O)CO)cc3)cc2OCCCCCCC(F)(F)C(F)(F)C(F)(F)C(F)(F)F)cc1. The number of hydrogen-bond donors (Lipinski definition) is 4. The van der Waals surface area contributed by atoms with Gasteiger partial charge in [0.25, 0.3) is 0 Å². The van der Waals surface area contributed by atoms with E-state index in [0.29, 0.717) is 11.1 Å². The Morgan fingerprint density at radius 3 is 0.971 bits per heavy atom. The lowest BCUT2D eigenvalue weighted by Gasteiger charge is -2.33. The molecule has 0 heterocycles. The number of halogens is 18. The fraction of sp³-hybridized carbons (Fsp3) is 0.591. The molecule has 26 heteroatoms. The summed E-state index contributed by atoms with van der Waals surface area (Å²) >= 11 is 0. The molecular weight excluding hydrogens is 998 g/mol. The fourth-order valence-corrected chi connectivity index (χ4v) is 6.30. The van der Waals surface area contributed by atoms with Crippen LogP contribution in [0.5, 0.6) is 23.0 Å². The molecule has 0 aliphatic heterocycles. The molecule has 8 nitrogen and oxygen atoms in total. The third-order valence-electron chi connectivity index (χ3n) is 10.4. The van der Waals surface area contributed by atoms with Crippen LogP contribution in [0.3, 0.4) is 0 Å². The van der Waals surface area contributed by atoms with Crippen LogP contribution in [-0.4, -0.2) is 120 Å². The van der Waals surface area contributed by atoms with E-state index < -0.39 is 99.0 Å². The van der Waals surface area contributed by atoms with E-state index >= 15 is 0 Å². The lowest BCUT2D eigenvalue weighted by atomic mass is 9.97. The van der Waals surface area contributed by atoms with Crippen molar-refractivity contribution < 1.29 is 118 Å². The predicted octanol–water partition coefficient (Wildman–Crippen LogP) is 12.1. The molecule has 2 unspecified atom stereocenters. The Hall–Kier alpha value is -4.56. The molecule has 0 bridgehead atoms. The number of hydrogen-bond acceptors (Lipinski definition) is 8. The van der Waals surface area contributed by atoms with Crippen molar-refractivity contribution in [2.75, 3.05) is 39.6 Å². The maximum Gasteiger partial charge on any atom is 0.460 e. The lowest BCUT2D eigenvalue weighted by Crippen LogP contribution is -2.60. The first-order valence-corrected chi connectivity index (χ1v) is 21.2. The van der Waals surface area contributed by atoms with Crippen LogP contribution in [-0.2, 0) is 0 Å². The summed E-state index contributed by atoms with van der Waals surface area (Å²) in [6, 6.07) is 14.8. The van der Waals surface area contributed by atoms with E-state index in [2.05, 4.69) is 0 Å². The molecule has 0 aliphatic rings. The van der Waals surface area contributed by atoms with Gasteiger partial charge in [0.1, 0.15) is 48.4 Å². The maximum absolute atomic E-state index is 14.0. The summed E-state index contributed by atoms with van der Waals surface area (Å²) in [7, 11) is 0. The normalized spacial score (nSPS) is 14.4. The molecule has 0 saturated carbocycles. The summed E-state index contributed by atoms with van der Waals surface area (Å²) in [6.07, 6.45) is -23.0. The second-order valence-corrected chi connectivity index (χ2v) is 15.9. The molecule has 3 aromatic carbocycles. The van der Waals surface area contributed by atoms with Crippen molar-refractivity contribution in [1.29, 1.82) is 0 Å². The van der Waals surface area contributed by atoms with E-state index in [0.717, 1.165) is 0 Å². The van der Waals surface area contributed by atoms with Gasteiger partial charge in [0.2, 0.25) is 0 Å². The average Bonchev–Trinajstić information content (AvgIpc) is 3.28. The molecule has 0 fully saturated rings. The Bertz CT molecular complexity index is 1900. The Balaban J connectivity index is 1.88. The zero-order valence-corrected chi connectivity index (χ0v) is 36.5. The second-order valence-electron chi connectivity index (χ2n) is 15.9. The van der Waals surface area contributed by atoms with Crippen molar-refractivity contribution in [3.63, 3.8) is 0 Å². The van der Waals surface area contributed by atoms with Gasteiger partial charge in [0.15, 0.2) is 0 Å². The van der Waals surface area contributed by atoms with E-state index in [-0.39, 0.29) is 99.1 Å². The highest BCUT2D eigenvalue weighted by molar-refractivity contribution is 5.81. The van der Waals surface area contributed by atoms with Gasteiger partial charge in [0, 0.05) is 24.0 Å². The van der Waals surface area contributed by atoms with Gasteiger partial charge in [-0.3, -0.25) is 0 Å². The monoisotopic (exact) mass is 1050 g/mol. The highest BCUT2D eigenvalue weighted by atomic mass is 19.4. The van der Waals surface area contributed by atoms with E-state index in [1.165, 1.54) is 60.7 Å². The molecule has 0 aliphatic carbocycles. The summed E-state index contributed by atoms with van der Waals surface area (Å²) in [5.41, 5.74) is 1.32. The van der Waals surface area contributed by atoms with Crippen LogP contribution in [0.25, 0.3) is 22.3 Å². The van der Waals surface area contributed by atoms with Crippen molar-refractivity contribution in [3.05, 3.63) is 60.7 Å². The topological polar surface area (TPSA) is 118 Å². The molecule has 0 radical (unpaired) electrons. The predicted molar refractivity (Wildman–Crippen MR) is 213 cm³/mol. The van der Waals surface area contributed by atoms with Gasteiger partial charge < -0.3 is 39.4 Å². The molecule has 0 amide bonds. The number of rotatable bonds is 30.